The van der Waals surface area contributed by atoms with Crippen LogP contribution < -0.4 is 5.32 Å². The molecule has 21 heavy (non-hydrogen) atoms. The highest BCUT2D eigenvalue weighted by Gasteiger charge is 2.21. The fourth-order valence-corrected chi connectivity index (χ4v) is 3.88. The Morgan fingerprint density at radius 1 is 1.48 bits per heavy atom. The number of fused-ring (bicyclic) bond motifs is 1. The molecule has 0 aliphatic heterocycles. The van der Waals surface area contributed by atoms with E-state index >= 15 is 0 Å². The summed E-state index contributed by atoms with van der Waals surface area (Å²) in [6, 6.07) is 5.80. The summed E-state index contributed by atoms with van der Waals surface area (Å²) < 4.78 is 0. The van der Waals surface area contributed by atoms with Crippen molar-refractivity contribution in [3.05, 3.63) is 39.6 Å². The molecular weight excluding hydrogens is 280 g/mol. The van der Waals surface area contributed by atoms with Gasteiger partial charge in [-0.25, -0.2) is 9.97 Å². The topological polar surface area (TPSA) is 61.6 Å². The van der Waals surface area contributed by atoms with Crippen molar-refractivity contribution < 1.29 is 0 Å². The first-order valence-electron chi connectivity index (χ1n) is 7.27. The molecule has 0 bridgehead atoms. The van der Waals surface area contributed by atoms with Crippen LogP contribution in [0.25, 0.3) is 0 Å². The molecule has 1 aliphatic rings. The van der Waals surface area contributed by atoms with Crippen LogP contribution in [0.3, 0.4) is 0 Å². The van der Waals surface area contributed by atoms with Crippen LogP contribution in [0.2, 0.25) is 0 Å². The molecule has 4 nitrogen and oxygen atoms in total. The maximum atomic E-state index is 8.76. The van der Waals surface area contributed by atoms with Gasteiger partial charge in [-0.05, 0) is 44.2 Å². The molecule has 0 aromatic carbocycles. The van der Waals surface area contributed by atoms with Crippen molar-refractivity contribution in [2.45, 2.75) is 39.2 Å². The molecule has 0 radical (unpaired) electrons. The van der Waals surface area contributed by atoms with E-state index in [-0.39, 0.29) is 6.04 Å². The Balaban J connectivity index is 1.73. The number of thiazole rings is 1. The summed E-state index contributed by atoms with van der Waals surface area (Å²) in [6.45, 7) is 4.43. The Hall–Kier alpha value is -1.93. The SMILES string of the molecule is CC1CCc2nc(C(C)Nc3ccc(C#N)nc3)sc2C1. The summed E-state index contributed by atoms with van der Waals surface area (Å²) in [5.74, 6) is 0.775. The Bertz CT molecular complexity index is 669. The van der Waals surface area contributed by atoms with E-state index in [0.29, 0.717) is 5.69 Å². The lowest BCUT2D eigenvalue weighted by molar-refractivity contribution is 0.501. The number of anilines is 1. The van der Waals surface area contributed by atoms with Crippen LogP contribution in [0.1, 0.15) is 47.6 Å². The maximum Gasteiger partial charge on any atom is 0.140 e. The molecule has 0 amide bonds. The van der Waals surface area contributed by atoms with Crippen LogP contribution in [-0.2, 0) is 12.8 Å². The van der Waals surface area contributed by atoms with Gasteiger partial charge in [0.15, 0.2) is 0 Å². The molecule has 0 fully saturated rings. The van der Waals surface area contributed by atoms with Crippen molar-refractivity contribution in [2.75, 3.05) is 5.32 Å². The minimum Gasteiger partial charge on any atom is -0.375 e. The largest absolute Gasteiger partial charge is 0.375 e. The maximum absolute atomic E-state index is 8.76. The van der Waals surface area contributed by atoms with Crippen molar-refractivity contribution in [3.63, 3.8) is 0 Å². The van der Waals surface area contributed by atoms with Crippen molar-refractivity contribution in [2.24, 2.45) is 5.92 Å². The lowest BCUT2D eigenvalue weighted by Gasteiger charge is -2.15. The number of hydrogen-bond acceptors (Lipinski definition) is 5. The van der Waals surface area contributed by atoms with Gasteiger partial charge >= 0.3 is 0 Å². The summed E-state index contributed by atoms with van der Waals surface area (Å²) in [7, 11) is 0. The molecule has 2 unspecified atom stereocenters. The van der Waals surface area contributed by atoms with E-state index in [4.69, 9.17) is 10.2 Å². The minimum atomic E-state index is 0.158. The third-order valence-electron chi connectivity index (χ3n) is 3.83. The summed E-state index contributed by atoms with van der Waals surface area (Å²) >= 11 is 1.83. The van der Waals surface area contributed by atoms with Gasteiger partial charge in [-0.2, -0.15) is 5.26 Å². The molecule has 1 aliphatic carbocycles. The Kier molecular flexibility index (Phi) is 3.89. The Morgan fingerprint density at radius 3 is 3.05 bits per heavy atom. The van der Waals surface area contributed by atoms with Gasteiger partial charge in [0.25, 0.3) is 0 Å². The highest BCUT2D eigenvalue weighted by molar-refractivity contribution is 7.11. The predicted molar refractivity (Wildman–Crippen MR) is 84.3 cm³/mol. The molecule has 1 N–H and O–H groups in total. The molecule has 108 valence electrons. The second-order valence-corrected chi connectivity index (χ2v) is 6.80. The second kappa shape index (κ2) is 5.82. The van der Waals surface area contributed by atoms with E-state index < -0.39 is 0 Å². The van der Waals surface area contributed by atoms with E-state index in [0.717, 1.165) is 29.5 Å². The van der Waals surface area contributed by atoms with Gasteiger partial charge in [0, 0.05) is 4.88 Å². The van der Waals surface area contributed by atoms with Gasteiger partial charge in [-0.3, -0.25) is 0 Å². The van der Waals surface area contributed by atoms with Crippen molar-refractivity contribution >= 4 is 17.0 Å². The van der Waals surface area contributed by atoms with Crippen LogP contribution in [0.4, 0.5) is 5.69 Å². The van der Waals surface area contributed by atoms with Gasteiger partial charge in [0.1, 0.15) is 16.8 Å². The fourth-order valence-electron chi connectivity index (χ4n) is 2.60. The normalized spacial score (nSPS) is 18.6. The zero-order valence-electron chi connectivity index (χ0n) is 12.3. The number of aryl methyl sites for hydroxylation is 1. The van der Waals surface area contributed by atoms with E-state index in [1.807, 2.05) is 23.5 Å². The standard InChI is InChI=1S/C16H18N4S/c1-10-3-6-14-15(7-10)21-16(20-14)11(2)19-13-5-4-12(8-17)18-9-13/h4-5,9-11,19H,3,6-7H2,1-2H3. The number of hydrogen-bond donors (Lipinski definition) is 1. The monoisotopic (exact) mass is 298 g/mol. The summed E-state index contributed by atoms with van der Waals surface area (Å²) in [6.07, 6.45) is 5.22. The highest BCUT2D eigenvalue weighted by Crippen LogP contribution is 2.33. The van der Waals surface area contributed by atoms with Crippen molar-refractivity contribution in [3.8, 4) is 6.07 Å². The summed E-state index contributed by atoms with van der Waals surface area (Å²) in [5.41, 5.74) is 2.65. The number of nitrogens with one attached hydrogen (secondary N) is 1. The number of rotatable bonds is 3. The predicted octanol–water partition coefficient (Wildman–Crippen LogP) is 3.71. The lowest BCUT2D eigenvalue weighted by atomic mass is 9.93. The number of aromatic nitrogens is 2. The van der Waals surface area contributed by atoms with Crippen LogP contribution in [-0.4, -0.2) is 9.97 Å². The van der Waals surface area contributed by atoms with Crippen molar-refractivity contribution in [1.29, 1.82) is 5.26 Å². The van der Waals surface area contributed by atoms with Crippen LogP contribution in [0.15, 0.2) is 18.3 Å². The van der Waals surface area contributed by atoms with Gasteiger partial charge < -0.3 is 5.32 Å². The number of nitriles is 1. The Labute approximate surface area is 128 Å². The van der Waals surface area contributed by atoms with Crippen LogP contribution in [0, 0.1) is 17.2 Å². The lowest BCUT2D eigenvalue weighted by Crippen LogP contribution is -2.09. The molecule has 0 spiro atoms. The molecule has 2 atom stereocenters. The third kappa shape index (κ3) is 3.06. The molecule has 2 heterocycles. The average molecular weight is 298 g/mol. The van der Waals surface area contributed by atoms with Crippen molar-refractivity contribution in [1.82, 2.24) is 9.97 Å². The number of pyridine rings is 1. The van der Waals surface area contributed by atoms with Gasteiger partial charge in [-0.1, -0.05) is 6.92 Å². The third-order valence-corrected chi connectivity index (χ3v) is 5.14. The van der Waals surface area contributed by atoms with E-state index in [1.165, 1.54) is 17.0 Å². The molecule has 2 aromatic rings. The molecule has 3 rings (SSSR count). The molecule has 2 aromatic heterocycles. The fraction of sp³-hybridized carbons (Fsp3) is 0.438. The summed E-state index contributed by atoms with van der Waals surface area (Å²) in [4.78, 5) is 10.3. The van der Waals surface area contributed by atoms with Gasteiger partial charge in [-0.15, -0.1) is 11.3 Å². The minimum absolute atomic E-state index is 0.158. The number of nitrogens with zero attached hydrogens (tertiary/aromatic N) is 3. The second-order valence-electron chi connectivity index (χ2n) is 5.68. The molecule has 0 saturated heterocycles. The quantitative estimate of drug-likeness (QED) is 0.938. The van der Waals surface area contributed by atoms with Crippen LogP contribution in [0.5, 0.6) is 0 Å². The zero-order chi connectivity index (χ0) is 14.8. The molecular formula is C16H18N4S. The van der Waals surface area contributed by atoms with Crippen LogP contribution >= 0.6 is 11.3 Å². The zero-order valence-corrected chi connectivity index (χ0v) is 13.1. The first-order valence-corrected chi connectivity index (χ1v) is 8.08. The molecule has 0 saturated carbocycles. The average Bonchev–Trinajstić information content (AvgIpc) is 2.91. The van der Waals surface area contributed by atoms with E-state index in [1.54, 1.807) is 12.3 Å². The van der Waals surface area contributed by atoms with Gasteiger partial charge in [0.05, 0.1) is 23.6 Å². The summed E-state index contributed by atoms with van der Waals surface area (Å²) in [5, 5.41) is 13.3. The van der Waals surface area contributed by atoms with E-state index in [2.05, 4.69) is 24.1 Å². The first kappa shape index (κ1) is 14.0. The molecule has 5 heteroatoms. The van der Waals surface area contributed by atoms with E-state index in [9.17, 15) is 0 Å². The van der Waals surface area contributed by atoms with Gasteiger partial charge in [0.2, 0.25) is 0 Å². The first-order chi connectivity index (χ1) is 10.2. The smallest absolute Gasteiger partial charge is 0.140 e. The Morgan fingerprint density at radius 2 is 2.33 bits per heavy atom. The highest BCUT2D eigenvalue weighted by atomic mass is 32.1.